The first-order valence-corrected chi connectivity index (χ1v) is 8.32. The van der Waals surface area contributed by atoms with Gasteiger partial charge in [-0.1, -0.05) is 65.4 Å². The maximum Gasteiger partial charge on any atom is 0.270 e. The number of hydrogen-bond acceptors (Lipinski definition) is 3. The minimum atomic E-state index is -0.155. The van der Waals surface area contributed by atoms with Gasteiger partial charge in [-0.3, -0.25) is 9.69 Å². The van der Waals surface area contributed by atoms with Crippen molar-refractivity contribution in [1.82, 2.24) is 0 Å². The zero-order valence-electron chi connectivity index (χ0n) is 11.1. The van der Waals surface area contributed by atoms with E-state index in [0.29, 0.717) is 25.0 Å². The molecule has 0 N–H and O–H groups in total. The summed E-state index contributed by atoms with van der Waals surface area (Å²) in [6.07, 6.45) is 1.76. The highest BCUT2D eigenvalue weighted by molar-refractivity contribution is 8.27. The molecule has 1 aliphatic rings. The van der Waals surface area contributed by atoms with Crippen molar-refractivity contribution in [3.63, 3.8) is 0 Å². The van der Waals surface area contributed by atoms with Crippen molar-refractivity contribution < 1.29 is 4.79 Å². The molecule has 0 unspecified atom stereocenters. The maximum atomic E-state index is 12.6. The molecular formula is C16H9Cl2NOS2. The number of thiocarbonyl (C=S) groups is 1. The maximum absolute atomic E-state index is 12.6. The van der Waals surface area contributed by atoms with Gasteiger partial charge >= 0.3 is 0 Å². The van der Waals surface area contributed by atoms with Gasteiger partial charge in [0.05, 0.1) is 10.6 Å². The fourth-order valence-electron chi connectivity index (χ4n) is 2.01. The topological polar surface area (TPSA) is 20.3 Å². The molecule has 2 aromatic rings. The van der Waals surface area contributed by atoms with Gasteiger partial charge in [-0.25, -0.2) is 0 Å². The largest absolute Gasteiger partial charge is 0.270 e. The molecule has 0 aromatic heterocycles. The molecule has 1 saturated heterocycles. The number of hydrogen-bond donors (Lipinski definition) is 0. The van der Waals surface area contributed by atoms with Crippen molar-refractivity contribution in [3.8, 4) is 0 Å². The van der Waals surface area contributed by atoms with Crippen LogP contribution in [-0.4, -0.2) is 10.2 Å². The summed E-state index contributed by atoms with van der Waals surface area (Å²) < 4.78 is 0.491. The number of nitrogens with zero attached hydrogens (tertiary/aromatic N) is 1. The summed E-state index contributed by atoms with van der Waals surface area (Å²) in [5.74, 6) is -0.155. The molecule has 6 heteroatoms. The van der Waals surface area contributed by atoms with Gasteiger partial charge in [0.1, 0.15) is 0 Å². The SMILES string of the molecule is O=C1C(=Cc2ccccc2Cl)SC(=S)N1c1ccc(Cl)cc1. The number of thioether (sulfide) groups is 1. The van der Waals surface area contributed by atoms with Crippen LogP contribution in [0.25, 0.3) is 6.08 Å². The average molecular weight is 366 g/mol. The fraction of sp³-hybridized carbons (Fsp3) is 0. The first kappa shape index (κ1) is 15.6. The lowest BCUT2D eigenvalue weighted by molar-refractivity contribution is -0.113. The molecule has 3 rings (SSSR count). The van der Waals surface area contributed by atoms with E-state index in [4.69, 9.17) is 35.4 Å². The fourth-order valence-corrected chi connectivity index (χ4v) is 3.62. The summed E-state index contributed by atoms with van der Waals surface area (Å²) in [5, 5.41) is 1.21. The Morgan fingerprint density at radius 1 is 1.05 bits per heavy atom. The number of anilines is 1. The number of benzene rings is 2. The smallest absolute Gasteiger partial charge is 0.268 e. The van der Waals surface area contributed by atoms with E-state index in [1.807, 2.05) is 18.2 Å². The summed E-state index contributed by atoms with van der Waals surface area (Å²) >= 11 is 18.6. The molecule has 1 fully saturated rings. The Balaban J connectivity index is 1.95. The molecule has 0 bridgehead atoms. The summed E-state index contributed by atoms with van der Waals surface area (Å²) in [7, 11) is 0. The van der Waals surface area contributed by atoms with E-state index in [1.165, 1.54) is 16.7 Å². The summed E-state index contributed by atoms with van der Waals surface area (Å²) in [5.41, 5.74) is 1.50. The second-order valence-corrected chi connectivity index (χ2v) is 7.03. The van der Waals surface area contributed by atoms with Crippen molar-refractivity contribution in [2.75, 3.05) is 4.90 Å². The van der Waals surface area contributed by atoms with E-state index in [2.05, 4.69) is 0 Å². The third kappa shape index (κ3) is 3.06. The van der Waals surface area contributed by atoms with Crippen LogP contribution in [-0.2, 0) is 4.79 Å². The normalized spacial score (nSPS) is 16.6. The zero-order valence-corrected chi connectivity index (χ0v) is 14.3. The lowest BCUT2D eigenvalue weighted by Crippen LogP contribution is -2.27. The Bertz CT molecular complexity index is 787. The number of carbonyl (C=O) groups excluding carboxylic acids is 1. The molecule has 0 spiro atoms. The van der Waals surface area contributed by atoms with Crippen LogP contribution in [0.2, 0.25) is 10.0 Å². The first-order valence-electron chi connectivity index (χ1n) is 6.34. The van der Waals surface area contributed by atoms with E-state index in [0.717, 1.165) is 5.56 Å². The lowest BCUT2D eigenvalue weighted by atomic mass is 10.2. The molecular weight excluding hydrogens is 357 g/mol. The Kier molecular flexibility index (Phi) is 4.54. The summed E-state index contributed by atoms with van der Waals surface area (Å²) in [6, 6.07) is 14.4. The molecule has 2 aromatic carbocycles. The molecule has 22 heavy (non-hydrogen) atoms. The van der Waals surface area contributed by atoms with Crippen LogP contribution >= 0.6 is 47.2 Å². The predicted molar refractivity (Wildman–Crippen MR) is 98.6 cm³/mol. The summed E-state index contributed by atoms with van der Waals surface area (Å²) in [6.45, 7) is 0. The second kappa shape index (κ2) is 6.42. The third-order valence-corrected chi connectivity index (χ3v) is 4.97. The van der Waals surface area contributed by atoms with Gasteiger partial charge < -0.3 is 0 Å². The van der Waals surface area contributed by atoms with Crippen molar-refractivity contribution in [3.05, 3.63) is 69.0 Å². The number of rotatable bonds is 2. The van der Waals surface area contributed by atoms with Crippen LogP contribution in [0, 0.1) is 0 Å². The Morgan fingerprint density at radius 3 is 2.41 bits per heavy atom. The van der Waals surface area contributed by atoms with Gasteiger partial charge in [-0.2, -0.15) is 0 Å². The van der Waals surface area contributed by atoms with Gasteiger partial charge in [-0.15, -0.1) is 0 Å². The van der Waals surface area contributed by atoms with Crippen molar-refractivity contribution >= 4 is 69.2 Å². The van der Waals surface area contributed by atoms with Gasteiger partial charge in [0.15, 0.2) is 4.32 Å². The van der Waals surface area contributed by atoms with E-state index in [-0.39, 0.29) is 5.91 Å². The number of amides is 1. The predicted octanol–water partition coefficient (Wildman–Crippen LogP) is 5.40. The zero-order chi connectivity index (χ0) is 15.7. The number of halogens is 2. The standard InChI is InChI=1S/C16H9Cl2NOS2/c17-11-5-7-12(8-6-11)19-15(20)14(22-16(19)21)9-10-3-1-2-4-13(10)18/h1-9H. The van der Waals surface area contributed by atoms with E-state index in [1.54, 1.807) is 36.4 Å². The van der Waals surface area contributed by atoms with Crippen LogP contribution in [0.4, 0.5) is 5.69 Å². The quantitative estimate of drug-likeness (QED) is 0.524. The van der Waals surface area contributed by atoms with E-state index >= 15 is 0 Å². The van der Waals surface area contributed by atoms with Crippen molar-refractivity contribution in [2.24, 2.45) is 0 Å². The molecule has 1 aliphatic heterocycles. The Morgan fingerprint density at radius 2 is 1.73 bits per heavy atom. The molecule has 1 heterocycles. The molecule has 2 nitrogen and oxygen atoms in total. The average Bonchev–Trinajstić information content (AvgIpc) is 2.77. The van der Waals surface area contributed by atoms with Crippen molar-refractivity contribution in [2.45, 2.75) is 0 Å². The lowest BCUT2D eigenvalue weighted by Gasteiger charge is -2.14. The van der Waals surface area contributed by atoms with Gasteiger partial charge in [0.2, 0.25) is 0 Å². The minimum absolute atomic E-state index is 0.155. The van der Waals surface area contributed by atoms with Crippen LogP contribution in [0.3, 0.4) is 0 Å². The van der Waals surface area contributed by atoms with Crippen LogP contribution in [0.1, 0.15) is 5.56 Å². The van der Waals surface area contributed by atoms with Crippen molar-refractivity contribution in [1.29, 1.82) is 0 Å². The monoisotopic (exact) mass is 365 g/mol. The molecule has 0 saturated carbocycles. The highest BCUT2D eigenvalue weighted by Gasteiger charge is 2.33. The molecule has 0 atom stereocenters. The molecule has 1 amide bonds. The van der Waals surface area contributed by atoms with Gasteiger partial charge in [0.25, 0.3) is 5.91 Å². The summed E-state index contributed by atoms with van der Waals surface area (Å²) in [4.78, 5) is 14.6. The molecule has 0 aliphatic carbocycles. The first-order chi connectivity index (χ1) is 10.6. The Labute approximate surface area is 147 Å². The highest BCUT2D eigenvalue weighted by Crippen LogP contribution is 2.37. The molecule has 110 valence electrons. The minimum Gasteiger partial charge on any atom is -0.268 e. The van der Waals surface area contributed by atoms with E-state index < -0.39 is 0 Å². The second-order valence-electron chi connectivity index (χ2n) is 4.52. The van der Waals surface area contributed by atoms with Crippen LogP contribution in [0.15, 0.2) is 53.4 Å². The number of carbonyl (C=O) groups is 1. The van der Waals surface area contributed by atoms with Crippen LogP contribution in [0.5, 0.6) is 0 Å². The Hall–Kier alpha value is -1.33. The third-order valence-electron chi connectivity index (χ3n) is 3.07. The molecule has 0 radical (unpaired) electrons. The van der Waals surface area contributed by atoms with E-state index in [9.17, 15) is 4.79 Å². The highest BCUT2D eigenvalue weighted by atomic mass is 35.5. The van der Waals surface area contributed by atoms with Gasteiger partial charge in [0, 0.05) is 10.0 Å². The van der Waals surface area contributed by atoms with Gasteiger partial charge in [-0.05, 0) is 42.0 Å². The van der Waals surface area contributed by atoms with Crippen LogP contribution < -0.4 is 4.90 Å².